The van der Waals surface area contributed by atoms with Crippen molar-refractivity contribution in [2.45, 2.75) is 45.2 Å². The highest BCUT2D eigenvalue weighted by Gasteiger charge is 2.34. The molecule has 1 rings (SSSR count). The summed E-state index contributed by atoms with van der Waals surface area (Å²) in [7, 11) is 0. The number of primary amides is 1. The first kappa shape index (κ1) is 11.5. The molecule has 0 bridgehead atoms. The molecule has 0 radical (unpaired) electrons. The molecular formula is C10H21N3O. The maximum absolute atomic E-state index is 10.7. The quantitative estimate of drug-likeness (QED) is 0.594. The van der Waals surface area contributed by atoms with Crippen LogP contribution in [-0.4, -0.2) is 24.5 Å². The van der Waals surface area contributed by atoms with Crippen LogP contribution < -0.4 is 16.8 Å². The fourth-order valence-corrected chi connectivity index (χ4v) is 2.07. The second-order valence-corrected chi connectivity index (χ2v) is 4.85. The summed E-state index contributed by atoms with van der Waals surface area (Å²) < 4.78 is 0. The number of hydrogen-bond acceptors (Lipinski definition) is 3. The molecule has 4 nitrogen and oxygen atoms in total. The third-order valence-electron chi connectivity index (χ3n) is 3.21. The molecule has 0 spiro atoms. The van der Waals surface area contributed by atoms with Crippen molar-refractivity contribution in [3.05, 3.63) is 0 Å². The largest absolute Gasteiger partial charge is 0.368 e. The van der Waals surface area contributed by atoms with Gasteiger partial charge in [0.25, 0.3) is 0 Å². The van der Waals surface area contributed by atoms with Crippen LogP contribution in [0.3, 0.4) is 0 Å². The molecule has 0 aromatic carbocycles. The van der Waals surface area contributed by atoms with Gasteiger partial charge < -0.3 is 16.8 Å². The number of nitrogens with one attached hydrogen (secondary N) is 1. The van der Waals surface area contributed by atoms with E-state index in [4.69, 9.17) is 11.5 Å². The van der Waals surface area contributed by atoms with Crippen molar-refractivity contribution in [3.63, 3.8) is 0 Å². The maximum atomic E-state index is 10.7. The third kappa shape index (κ3) is 2.69. The van der Waals surface area contributed by atoms with Gasteiger partial charge in [-0.15, -0.1) is 0 Å². The van der Waals surface area contributed by atoms with Gasteiger partial charge in [-0.05, 0) is 18.3 Å². The van der Waals surface area contributed by atoms with Gasteiger partial charge in [-0.1, -0.05) is 20.3 Å². The van der Waals surface area contributed by atoms with E-state index in [0.717, 1.165) is 0 Å². The Labute approximate surface area is 85.4 Å². The third-order valence-corrected chi connectivity index (χ3v) is 3.21. The molecular weight excluding hydrogens is 178 g/mol. The number of amides is 1. The Bertz CT molecular complexity index is 215. The normalized spacial score (nSPS) is 27.5. The molecule has 0 saturated heterocycles. The average Bonchev–Trinajstić information content (AvgIpc) is 2.40. The zero-order valence-electron chi connectivity index (χ0n) is 9.05. The Hall–Kier alpha value is -0.610. The van der Waals surface area contributed by atoms with Crippen LogP contribution in [0.15, 0.2) is 0 Å². The summed E-state index contributed by atoms with van der Waals surface area (Å²) in [5, 5.41) is 3.33. The molecule has 0 aromatic rings. The highest BCUT2D eigenvalue weighted by molar-refractivity contribution is 5.79. The second-order valence-electron chi connectivity index (χ2n) is 4.85. The molecule has 5 N–H and O–H groups in total. The van der Waals surface area contributed by atoms with Crippen molar-refractivity contribution >= 4 is 5.91 Å². The molecule has 1 fully saturated rings. The topological polar surface area (TPSA) is 81.1 Å². The van der Waals surface area contributed by atoms with Crippen LogP contribution in [0.1, 0.15) is 33.1 Å². The number of rotatable bonds is 4. The zero-order chi connectivity index (χ0) is 10.8. The van der Waals surface area contributed by atoms with Gasteiger partial charge in [-0.2, -0.15) is 0 Å². The van der Waals surface area contributed by atoms with E-state index in [1.165, 1.54) is 19.3 Å². The Morgan fingerprint density at radius 2 is 2.29 bits per heavy atom. The summed E-state index contributed by atoms with van der Waals surface area (Å²) in [4.78, 5) is 10.7. The molecule has 1 aliphatic rings. The summed E-state index contributed by atoms with van der Waals surface area (Å²) in [5.41, 5.74) is 10.9. The highest BCUT2D eigenvalue weighted by atomic mass is 16.1. The number of nitrogens with two attached hydrogens (primary N) is 2. The fourth-order valence-electron chi connectivity index (χ4n) is 2.07. The van der Waals surface area contributed by atoms with Crippen molar-refractivity contribution in [1.29, 1.82) is 0 Å². The molecule has 1 saturated carbocycles. The molecule has 82 valence electrons. The molecule has 0 heterocycles. The highest BCUT2D eigenvalue weighted by Crippen LogP contribution is 2.36. The molecule has 0 aromatic heterocycles. The maximum Gasteiger partial charge on any atom is 0.235 e. The molecule has 0 aliphatic heterocycles. The standard InChI is InChI=1S/C10H21N3O/c1-10(2)5-3-4-8(10)13-6-7(11)9(12)14/h7-8,13H,3-6,11H2,1-2H3,(H2,12,14). The van der Waals surface area contributed by atoms with E-state index in [0.29, 0.717) is 18.0 Å². The smallest absolute Gasteiger partial charge is 0.235 e. The van der Waals surface area contributed by atoms with Crippen molar-refractivity contribution in [2.75, 3.05) is 6.54 Å². The van der Waals surface area contributed by atoms with E-state index in [1.807, 2.05) is 0 Å². The lowest BCUT2D eigenvalue weighted by Gasteiger charge is -2.28. The van der Waals surface area contributed by atoms with Crippen LogP contribution in [0.5, 0.6) is 0 Å². The Morgan fingerprint density at radius 1 is 1.64 bits per heavy atom. The van der Waals surface area contributed by atoms with Crippen LogP contribution >= 0.6 is 0 Å². The zero-order valence-corrected chi connectivity index (χ0v) is 9.05. The van der Waals surface area contributed by atoms with Crippen molar-refractivity contribution in [2.24, 2.45) is 16.9 Å². The van der Waals surface area contributed by atoms with Crippen LogP contribution in [0, 0.1) is 5.41 Å². The molecule has 2 unspecified atom stereocenters. The number of carbonyl (C=O) groups is 1. The van der Waals surface area contributed by atoms with Crippen molar-refractivity contribution in [3.8, 4) is 0 Å². The molecule has 1 aliphatic carbocycles. The number of carbonyl (C=O) groups excluding carboxylic acids is 1. The number of hydrogen-bond donors (Lipinski definition) is 3. The van der Waals surface area contributed by atoms with Crippen LogP contribution in [-0.2, 0) is 4.79 Å². The van der Waals surface area contributed by atoms with Crippen LogP contribution in [0.4, 0.5) is 0 Å². The lowest BCUT2D eigenvalue weighted by Crippen LogP contribution is -2.49. The second kappa shape index (κ2) is 4.28. The first-order valence-corrected chi connectivity index (χ1v) is 5.22. The van der Waals surface area contributed by atoms with Gasteiger partial charge in [-0.25, -0.2) is 0 Å². The average molecular weight is 199 g/mol. The SMILES string of the molecule is CC1(C)CCCC1NCC(N)C(N)=O. The Morgan fingerprint density at radius 3 is 2.71 bits per heavy atom. The van der Waals surface area contributed by atoms with E-state index < -0.39 is 11.9 Å². The first-order chi connectivity index (χ1) is 6.43. The monoisotopic (exact) mass is 199 g/mol. The van der Waals surface area contributed by atoms with E-state index in [-0.39, 0.29) is 0 Å². The lowest BCUT2D eigenvalue weighted by molar-refractivity contribution is -0.119. The minimum atomic E-state index is -0.564. The van der Waals surface area contributed by atoms with Gasteiger partial charge in [0.1, 0.15) is 0 Å². The van der Waals surface area contributed by atoms with Gasteiger partial charge in [0, 0.05) is 12.6 Å². The van der Waals surface area contributed by atoms with Gasteiger partial charge in [0.05, 0.1) is 6.04 Å². The minimum Gasteiger partial charge on any atom is -0.368 e. The molecule has 4 heteroatoms. The van der Waals surface area contributed by atoms with Crippen LogP contribution in [0.25, 0.3) is 0 Å². The summed E-state index contributed by atoms with van der Waals surface area (Å²) in [6.07, 6.45) is 3.64. The predicted molar refractivity (Wildman–Crippen MR) is 56.6 cm³/mol. The van der Waals surface area contributed by atoms with Gasteiger partial charge in [-0.3, -0.25) is 4.79 Å². The van der Waals surface area contributed by atoms with E-state index >= 15 is 0 Å². The Balaban J connectivity index is 2.34. The van der Waals surface area contributed by atoms with Crippen LogP contribution in [0.2, 0.25) is 0 Å². The van der Waals surface area contributed by atoms with Gasteiger partial charge in [0.2, 0.25) is 5.91 Å². The lowest BCUT2D eigenvalue weighted by atomic mass is 9.87. The Kier molecular flexibility index (Phi) is 3.50. The van der Waals surface area contributed by atoms with Gasteiger partial charge in [0.15, 0.2) is 0 Å². The van der Waals surface area contributed by atoms with E-state index in [9.17, 15) is 4.79 Å². The fraction of sp³-hybridized carbons (Fsp3) is 0.900. The first-order valence-electron chi connectivity index (χ1n) is 5.22. The molecule has 1 amide bonds. The molecule has 2 atom stereocenters. The van der Waals surface area contributed by atoms with E-state index in [1.54, 1.807) is 0 Å². The summed E-state index contributed by atoms with van der Waals surface area (Å²) in [6, 6.07) is -0.0979. The minimum absolute atomic E-state index is 0.317. The predicted octanol–water partition coefficient (Wildman–Crippen LogP) is -0.0327. The summed E-state index contributed by atoms with van der Waals surface area (Å²) >= 11 is 0. The molecule has 14 heavy (non-hydrogen) atoms. The van der Waals surface area contributed by atoms with E-state index in [2.05, 4.69) is 19.2 Å². The summed E-state index contributed by atoms with van der Waals surface area (Å²) in [6.45, 7) is 4.98. The van der Waals surface area contributed by atoms with Crippen molar-refractivity contribution < 1.29 is 4.79 Å². The van der Waals surface area contributed by atoms with Crippen molar-refractivity contribution in [1.82, 2.24) is 5.32 Å². The van der Waals surface area contributed by atoms with Gasteiger partial charge >= 0.3 is 0 Å². The summed E-state index contributed by atoms with van der Waals surface area (Å²) in [5.74, 6) is -0.437.